The van der Waals surface area contributed by atoms with Gasteiger partial charge < -0.3 is 10.5 Å². The number of nitrogens with zero attached hydrogens (tertiary/aromatic N) is 1. The van der Waals surface area contributed by atoms with Gasteiger partial charge in [-0.05, 0) is 42.7 Å². The molecule has 1 saturated carbocycles. The van der Waals surface area contributed by atoms with Crippen LogP contribution in [0.15, 0.2) is 4.99 Å². The fourth-order valence-corrected chi connectivity index (χ4v) is 3.48. The highest BCUT2D eigenvalue weighted by molar-refractivity contribution is 7.98. The van der Waals surface area contributed by atoms with E-state index in [1.54, 1.807) is 11.9 Å². The Hall–Kier alpha value is -0.220. The SMILES string of the molecule is CC1CCCC(CN)(CC2=NCSN2)C1. The number of amidine groups is 1. The van der Waals surface area contributed by atoms with E-state index in [1.807, 2.05) is 0 Å². The Kier molecular flexibility index (Phi) is 3.57. The van der Waals surface area contributed by atoms with Crippen LogP contribution in [0.4, 0.5) is 0 Å². The van der Waals surface area contributed by atoms with E-state index in [0.717, 1.165) is 24.8 Å². The van der Waals surface area contributed by atoms with Crippen LogP contribution in [0.3, 0.4) is 0 Å². The highest BCUT2D eigenvalue weighted by atomic mass is 32.2. The number of hydrogen-bond acceptors (Lipinski definition) is 4. The largest absolute Gasteiger partial charge is 0.330 e. The quantitative estimate of drug-likeness (QED) is 0.726. The van der Waals surface area contributed by atoms with E-state index in [9.17, 15) is 0 Å². The molecule has 1 aliphatic heterocycles. The van der Waals surface area contributed by atoms with E-state index >= 15 is 0 Å². The molecule has 0 spiro atoms. The molecule has 0 aromatic rings. The molecular weight excluding hydrogens is 206 g/mol. The van der Waals surface area contributed by atoms with Gasteiger partial charge in [-0.1, -0.05) is 19.8 Å². The lowest BCUT2D eigenvalue weighted by Crippen LogP contribution is -2.38. The average Bonchev–Trinajstić information content (AvgIpc) is 2.70. The van der Waals surface area contributed by atoms with Crippen LogP contribution in [-0.4, -0.2) is 18.3 Å². The summed E-state index contributed by atoms with van der Waals surface area (Å²) in [5.74, 6) is 2.86. The Morgan fingerprint density at radius 1 is 1.67 bits per heavy atom. The minimum absolute atomic E-state index is 0.328. The summed E-state index contributed by atoms with van der Waals surface area (Å²) >= 11 is 1.69. The first-order valence-corrected chi connectivity index (χ1v) is 6.84. The molecule has 2 unspecified atom stereocenters. The third-order valence-corrected chi connectivity index (χ3v) is 4.31. The molecule has 1 aliphatic carbocycles. The van der Waals surface area contributed by atoms with E-state index < -0.39 is 0 Å². The Labute approximate surface area is 96.4 Å². The van der Waals surface area contributed by atoms with Gasteiger partial charge in [-0.25, -0.2) is 0 Å². The van der Waals surface area contributed by atoms with Crippen molar-refractivity contribution < 1.29 is 0 Å². The minimum Gasteiger partial charge on any atom is -0.330 e. The van der Waals surface area contributed by atoms with Crippen molar-refractivity contribution in [2.75, 3.05) is 12.4 Å². The van der Waals surface area contributed by atoms with Crippen molar-refractivity contribution >= 4 is 17.8 Å². The smallest absolute Gasteiger partial charge is 0.108 e. The maximum Gasteiger partial charge on any atom is 0.108 e. The highest BCUT2D eigenvalue weighted by Crippen LogP contribution is 2.41. The lowest BCUT2D eigenvalue weighted by atomic mass is 9.68. The molecule has 0 aromatic carbocycles. The van der Waals surface area contributed by atoms with Gasteiger partial charge in [-0.3, -0.25) is 4.99 Å². The fourth-order valence-electron chi connectivity index (χ4n) is 2.89. The normalized spacial score (nSPS) is 36.1. The maximum atomic E-state index is 5.99. The molecule has 1 heterocycles. The molecule has 2 aliphatic rings. The fraction of sp³-hybridized carbons (Fsp3) is 0.909. The summed E-state index contributed by atoms with van der Waals surface area (Å²) in [6, 6.07) is 0. The third kappa shape index (κ3) is 2.67. The van der Waals surface area contributed by atoms with E-state index in [4.69, 9.17) is 5.73 Å². The van der Waals surface area contributed by atoms with Crippen LogP contribution in [0.2, 0.25) is 0 Å². The summed E-state index contributed by atoms with van der Waals surface area (Å²) in [5, 5.41) is 0. The summed E-state index contributed by atoms with van der Waals surface area (Å²) < 4.78 is 3.29. The molecule has 2 rings (SSSR count). The van der Waals surface area contributed by atoms with E-state index in [1.165, 1.54) is 31.5 Å². The van der Waals surface area contributed by atoms with Crippen molar-refractivity contribution in [1.29, 1.82) is 0 Å². The maximum absolute atomic E-state index is 5.99. The first kappa shape index (κ1) is 11.3. The van der Waals surface area contributed by atoms with Gasteiger partial charge >= 0.3 is 0 Å². The summed E-state index contributed by atoms with van der Waals surface area (Å²) in [6.45, 7) is 3.16. The van der Waals surface area contributed by atoms with Crippen LogP contribution in [0.25, 0.3) is 0 Å². The van der Waals surface area contributed by atoms with Gasteiger partial charge in [0.05, 0.1) is 0 Å². The van der Waals surface area contributed by atoms with Crippen LogP contribution in [0.1, 0.15) is 39.0 Å². The van der Waals surface area contributed by atoms with Gasteiger partial charge in [0.25, 0.3) is 0 Å². The van der Waals surface area contributed by atoms with Crippen molar-refractivity contribution in [3.8, 4) is 0 Å². The van der Waals surface area contributed by atoms with E-state index in [-0.39, 0.29) is 0 Å². The minimum atomic E-state index is 0.328. The van der Waals surface area contributed by atoms with E-state index in [0.29, 0.717) is 5.41 Å². The van der Waals surface area contributed by atoms with Crippen LogP contribution in [0.5, 0.6) is 0 Å². The van der Waals surface area contributed by atoms with Crippen molar-refractivity contribution in [3.63, 3.8) is 0 Å². The van der Waals surface area contributed by atoms with Gasteiger partial charge in [-0.2, -0.15) is 0 Å². The molecule has 0 saturated heterocycles. The zero-order valence-corrected chi connectivity index (χ0v) is 10.3. The number of rotatable bonds is 3. The molecule has 0 bridgehead atoms. The van der Waals surface area contributed by atoms with Crippen LogP contribution < -0.4 is 10.5 Å². The number of aliphatic imine (C=N–C) groups is 1. The Morgan fingerprint density at radius 3 is 3.13 bits per heavy atom. The highest BCUT2D eigenvalue weighted by Gasteiger charge is 2.35. The van der Waals surface area contributed by atoms with Crippen molar-refractivity contribution in [1.82, 2.24) is 4.72 Å². The van der Waals surface area contributed by atoms with Crippen LogP contribution >= 0.6 is 11.9 Å². The topological polar surface area (TPSA) is 50.4 Å². The molecule has 2 atom stereocenters. The predicted octanol–water partition coefficient (Wildman–Crippen LogP) is 2.14. The molecule has 0 radical (unpaired) electrons. The second-order valence-electron chi connectivity index (χ2n) is 5.06. The molecule has 15 heavy (non-hydrogen) atoms. The zero-order chi connectivity index (χ0) is 10.7. The summed E-state index contributed by atoms with van der Waals surface area (Å²) in [6.07, 6.45) is 6.31. The first-order chi connectivity index (χ1) is 7.24. The Morgan fingerprint density at radius 2 is 2.53 bits per heavy atom. The lowest BCUT2D eigenvalue weighted by molar-refractivity contribution is 0.162. The van der Waals surface area contributed by atoms with Crippen molar-refractivity contribution in [3.05, 3.63) is 0 Å². The third-order valence-electron chi connectivity index (χ3n) is 3.67. The first-order valence-electron chi connectivity index (χ1n) is 5.85. The Bertz CT molecular complexity index is 254. The van der Waals surface area contributed by atoms with Crippen LogP contribution in [0, 0.1) is 11.3 Å². The second kappa shape index (κ2) is 4.74. The lowest BCUT2D eigenvalue weighted by Gasteiger charge is -2.39. The van der Waals surface area contributed by atoms with Gasteiger partial charge in [0.1, 0.15) is 11.7 Å². The van der Waals surface area contributed by atoms with Gasteiger partial charge in [-0.15, -0.1) is 0 Å². The predicted molar refractivity (Wildman–Crippen MR) is 66.8 cm³/mol. The zero-order valence-electron chi connectivity index (χ0n) is 9.46. The molecule has 1 fully saturated rings. The summed E-state index contributed by atoms with van der Waals surface area (Å²) in [4.78, 5) is 4.46. The van der Waals surface area contributed by atoms with Gasteiger partial charge in [0.15, 0.2) is 0 Å². The molecule has 86 valence electrons. The Balaban J connectivity index is 2.00. The molecule has 0 aromatic heterocycles. The summed E-state index contributed by atoms with van der Waals surface area (Å²) in [5.41, 5.74) is 6.32. The molecule has 3 nitrogen and oxygen atoms in total. The molecule has 0 amide bonds. The number of nitrogens with one attached hydrogen (secondary N) is 1. The van der Waals surface area contributed by atoms with Gasteiger partial charge in [0.2, 0.25) is 0 Å². The van der Waals surface area contributed by atoms with Gasteiger partial charge in [0, 0.05) is 6.42 Å². The van der Waals surface area contributed by atoms with Crippen molar-refractivity contribution in [2.24, 2.45) is 22.1 Å². The van der Waals surface area contributed by atoms with Crippen molar-refractivity contribution in [2.45, 2.75) is 39.0 Å². The molecule has 4 heteroatoms. The second-order valence-corrected chi connectivity index (χ2v) is 5.81. The number of hydrogen-bond donors (Lipinski definition) is 2. The number of nitrogens with two attached hydrogens (primary N) is 1. The molecule has 3 N–H and O–H groups in total. The average molecular weight is 227 g/mol. The van der Waals surface area contributed by atoms with Crippen LogP contribution in [-0.2, 0) is 0 Å². The van der Waals surface area contributed by atoms with E-state index in [2.05, 4.69) is 16.6 Å². The monoisotopic (exact) mass is 227 g/mol. The summed E-state index contributed by atoms with van der Waals surface area (Å²) in [7, 11) is 0. The standard InChI is InChI=1S/C11H21N3S/c1-9-3-2-4-11(5-9,7-12)6-10-13-8-15-14-10/h9H,2-8,12H2,1H3,(H,13,14). The molecular formula is C11H21N3S.